The molecule has 0 heterocycles. The van der Waals surface area contributed by atoms with E-state index in [9.17, 15) is 9.59 Å². The molecule has 0 bridgehead atoms. The Morgan fingerprint density at radius 1 is 1.33 bits per heavy atom. The Hall–Kier alpha value is -2.40. The van der Waals surface area contributed by atoms with Crippen molar-refractivity contribution in [1.82, 2.24) is 0 Å². The first kappa shape index (κ1) is 16.7. The number of allylic oxidation sites excluding steroid dienone is 2. The number of benzene rings is 1. The standard InChI is InChI=1S/C9H12O3.C7H6O2/c1-9(12-2)6-4-3-5-7(9)8(10)11;8-5-6-3-1-2-4-7(6)9/h3-7H,1-2H3,(H,10,11);1-5,9H. The maximum atomic E-state index is 10.8. The second-order valence-corrected chi connectivity index (χ2v) is 4.62. The van der Waals surface area contributed by atoms with Crippen LogP contribution in [0, 0.1) is 5.92 Å². The van der Waals surface area contributed by atoms with Gasteiger partial charge in [-0.15, -0.1) is 0 Å². The monoisotopic (exact) mass is 290 g/mol. The van der Waals surface area contributed by atoms with Gasteiger partial charge in [0.25, 0.3) is 0 Å². The number of aromatic hydroxyl groups is 1. The molecule has 0 radical (unpaired) electrons. The van der Waals surface area contributed by atoms with Crippen LogP contribution in [0.2, 0.25) is 0 Å². The lowest BCUT2D eigenvalue weighted by Crippen LogP contribution is -2.39. The van der Waals surface area contributed by atoms with Crippen LogP contribution in [-0.4, -0.2) is 35.2 Å². The molecule has 0 aliphatic heterocycles. The molecule has 0 saturated carbocycles. The van der Waals surface area contributed by atoms with E-state index in [-0.39, 0.29) is 5.75 Å². The fourth-order valence-electron chi connectivity index (χ4n) is 1.83. The Morgan fingerprint density at radius 3 is 2.43 bits per heavy atom. The molecule has 2 N–H and O–H groups in total. The number of hydrogen-bond acceptors (Lipinski definition) is 4. The maximum Gasteiger partial charge on any atom is 0.313 e. The minimum atomic E-state index is -0.861. The molecule has 1 aliphatic rings. The Labute approximate surface area is 123 Å². The van der Waals surface area contributed by atoms with Gasteiger partial charge in [0.2, 0.25) is 0 Å². The van der Waals surface area contributed by atoms with Gasteiger partial charge in [-0.1, -0.05) is 36.4 Å². The molecule has 1 aromatic rings. The quantitative estimate of drug-likeness (QED) is 0.835. The number of methoxy groups -OCH3 is 1. The third-order valence-electron chi connectivity index (χ3n) is 3.23. The van der Waals surface area contributed by atoms with Crippen LogP contribution in [0.15, 0.2) is 48.6 Å². The van der Waals surface area contributed by atoms with Gasteiger partial charge >= 0.3 is 5.97 Å². The fraction of sp³-hybridized carbons (Fsp3) is 0.250. The average Bonchev–Trinajstić information content (AvgIpc) is 2.48. The predicted octanol–water partition coefficient (Wildman–Crippen LogP) is 2.42. The van der Waals surface area contributed by atoms with Crippen molar-refractivity contribution in [1.29, 1.82) is 0 Å². The molecule has 0 amide bonds. The van der Waals surface area contributed by atoms with Crippen molar-refractivity contribution in [2.24, 2.45) is 5.92 Å². The Morgan fingerprint density at radius 2 is 2.00 bits per heavy atom. The molecule has 21 heavy (non-hydrogen) atoms. The zero-order valence-corrected chi connectivity index (χ0v) is 11.9. The van der Waals surface area contributed by atoms with Crippen molar-refractivity contribution >= 4 is 12.3 Å². The van der Waals surface area contributed by atoms with Crippen LogP contribution < -0.4 is 0 Å². The summed E-state index contributed by atoms with van der Waals surface area (Å²) in [6, 6.07) is 6.40. The number of carbonyl (C=O) groups excluding carboxylic acids is 1. The number of aldehydes is 1. The van der Waals surface area contributed by atoms with Gasteiger partial charge in [0.15, 0.2) is 6.29 Å². The van der Waals surface area contributed by atoms with Crippen molar-refractivity contribution in [3.05, 3.63) is 54.1 Å². The number of aliphatic carboxylic acids is 1. The third kappa shape index (κ3) is 4.29. The summed E-state index contributed by atoms with van der Waals surface area (Å²) in [5.41, 5.74) is -0.377. The maximum absolute atomic E-state index is 10.8. The summed E-state index contributed by atoms with van der Waals surface area (Å²) in [6.45, 7) is 1.76. The zero-order valence-electron chi connectivity index (χ0n) is 11.9. The molecule has 112 valence electrons. The van der Waals surface area contributed by atoms with Crippen LogP contribution in [0.4, 0.5) is 0 Å². The van der Waals surface area contributed by atoms with Crippen molar-refractivity contribution in [2.45, 2.75) is 12.5 Å². The number of carboxylic acids is 1. The summed E-state index contributed by atoms with van der Waals surface area (Å²) >= 11 is 0. The number of phenolic OH excluding ortho intramolecular Hbond substituents is 1. The highest BCUT2D eigenvalue weighted by Crippen LogP contribution is 2.27. The molecule has 1 aliphatic carbocycles. The molecule has 2 unspecified atom stereocenters. The highest BCUT2D eigenvalue weighted by molar-refractivity contribution is 5.78. The number of carboxylic acid groups (broad SMARTS) is 1. The van der Waals surface area contributed by atoms with Gasteiger partial charge in [0, 0.05) is 7.11 Å². The van der Waals surface area contributed by atoms with Crippen LogP contribution in [0.3, 0.4) is 0 Å². The SMILES string of the molecule is COC1(C)C=CC=CC1C(=O)O.O=Cc1ccccc1O. The summed E-state index contributed by atoms with van der Waals surface area (Å²) in [6.07, 6.45) is 7.52. The second kappa shape index (κ2) is 7.40. The van der Waals surface area contributed by atoms with E-state index in [4.69, 9.17) is 14.9 Å². The highest BCUT2D eigenvalue weighted by atomic mass is 16.5. The second-order valence-electron chi connectivity index (χ2n) is 4.62. The number of carbonyl (C=O) groups is 2. The normalized spacial score (nSPS) is 23.0. The minimum Gasteiger partial charge on any atom is -0.507 e. The van der Waals surface area contributed by atoms with E-state index in [1.54, 1.807) is 49.4 Å². The first-order chi connectivity index (χ1) is 9.94. The predicted molar refractivity (Wildman–Crippen MR) is 78.3 cm³/mol. The van der Waals surface area contributed by atoms with Crippen molar-refractivity contribution in [3.8, 4) is 5.75 Å². The fourth-order valence-corrected chi connectivity index (χ4v) is 1.83. The molecular formula is C16H18O5. The molecule has 2 atom stereocenters. The molecular weight excluding hydrogens is 272 g/mol. The van der Waals surface area contributed by atoms with Crippen LogP contribution >= 0.6 is 0 Å². The smallest absolute Gasteiger partial charge is 0.313 e. The Kier molecular flexibility index (Phi) is 5.87. The summed E-state index contributed by atoms with van der Waals surface area (Å²) < 4.78 is 5.13. The molecule has 0 spiro atoms. The molecule has 2 rings (SSSR count). The van der Waals surface area contributed by atoms with Gasteiger partial charge < -0.3 is 14.9 Å². The molecule has 0 fully saturated rings. The number of ether oxygens (including phenoxy) is 1. The molecule has 5 heteroatoms. The summed E-state index contributed by atoms with van der Waals surface area (Å²) in [5, 5.41) is 17.7. The summed E-state index contributed by atoms with van der Waals surface area (Å²) in [7, 11) is 1.51. The van der Waals surface area contributed by atoms with E-state index in [2.05, 4.69) is 0 Å². The highest BCUT2D eigenvalue weighted by Gasteiger charge is 2.36. The van der Waals surface area contributed by atoms with Gasteiger partial charge in [-0.25, -0.2) is 0 Å². The van der Waals surface area contributed by atoms with Gasteiger partial charge in [-0.05, 0) is 19.1 Å². The number of para-hydroxylation sites is 1. The Balaban J connectivity index is 0.000000219. The van der Waals surface area contributed by atoms with Crippen LogP contribution in [0.25, 0.3) is 0 Å². The van der Waals surface area contributed by atoms with Crippen LogP contribution in [0.5, 0.6) is 5.75 Å². The lowest BCUT2D eigenvalue weighted by molar-refractivity contribution is -0.146. The van der Waals surface area contributed by atoms with Crippen LogP contribution in [0.1, 0.15) is 17.3 Å². The largest absolute Gasteiger partial charge is 0.507 e. The molecule has 1 aromatic carbocycles. The minimum absolute atomic E-state index is 0.0347. The van der Waals surface area contributed by atoms with E-state index in [0.29, 0.717) is 11.8 Å². The third-order valence-corrected chi connectivity index (χ3v) is 3.23. The van der Waals surface area contributed by atoms with Crippen molar-refractivity contribution in [3.63, 3.8) is 0 Å². The van der Waals surface area contributed by atoms with Gasteiger partial charge in [0.1, 0.15) is 17.3 Å². The Bertz CT molecular complexity index is 562. The van der Waals surface area contributed by atoms with Gasteiger partial charge in [-0.3, -0.25) is 9.59 Å². The zero-order chi connectivity index (χ0) is 15.9. The topological polar surface area (TPSA) is 83.8 Å². The first-order valence-corrected chi connectivity index (χ1v) is 6.31. The number of rotatable bonds is 3. The first-order valence-electron chi connectivity index (χ1n) is 6.31. The lowest BCUT2D eigenvalue weighted by atomic mass is 9.85. The molecule has 0 saturated heterocycles. The van der Waals surface area contributed by atoms with E-state index in [1.165, 1.54) is 13.2 Å². The summed E-state index contributed by atoms with van der Waals surface area (Å²) in [5.74, 6) is -1.42. The van der Waals surface area contributed by atoms with E-state index in [0.717, 1.165) is 0 Å². The van der Waals surface area contributed by atoms with Crippen molar-refractivity contribution < 1.29 is 24.5 Å². The number of phenols is 1. The molecule has 0 aromatic heterocycles. The van der Waals surface area contributed by atoms with E-state index < -0.39 is 17.5 Å². The van der Waals surface area contributed by atoms with Gasteiger partial charge in [-0.2, -0.15) is 0 Å². The number of hydrogen-bond donors (Lipinski definition) is 2. The average molecular weight is 290 g/mol. The van der Waals surface area contributed by atoms with Crippen LogP contribution in [-0.2, 0) is 9.53 Å². The van der Waals surface area contributed by atoms with Gasteiger partial charge in [0.05, 0.1) is 5.56 Å². The van der Waals surface area contributed by atoms with E-state index >= 15 is 0 Å². The van der Waals surface area contributed by atoms with Crippen molar-refractivity contribution in [2.75, 3.05) is 7.11 Å². The van der Waals surface area contributed by atoms with E-state index in [1.807, 2.05) is 0 Å². The lowest BCUT2D eigenvalue weighted by Gasteiger charge is -2.30. The molecule has 5 nitrogen and oxygen atoms in total. The summed E-state index contributed by atoms with van der Waals surface area (Å²) in [4.78, 5) is 20.8.